The smallest absolute Gasteiger partial charge is 0.417 e. The molecule has 1 aromatic carbocycles. The molecular weight excluding hydrogens is 181 g/mol. The van der Waals surface area contributed by atoms with Crippen LogP contribution in [0.3, 0.4) is 0 Å². The third-order valence-electron chi connectivity index (χ3n) is 1.54. The molecule has 0 bridgehead atoms. The normalized spacial score (nSPS) is 11.3. The summed E-state index contributed by atoms with van der Waals surface area (Å²) in [6.45, 7) is 3.06. The number of benzene rings is 1. The zero-order valence-electron chi connectivity index (χ0n) is 6.60. The van der Waals surface area contributed by atoms with Gasteiger partial charge in [-0.15, -0.1) is 0 Å². The number of hydrogen-bond acceptors (Lipinski definition) is 1. The highest BCUT2D eigenvalue weighted by Gasteiger charge is 2.33. The van der Waals surface area contributed by atoms with Gasteiger partial charge in [0.2, 0.25) is 0 Å². The molecule has 0 aliphatic carbocycles. The van der Waals surface area contributed by atoms with Gasteiger partial charge in [0.05, 0.1) is 5.56 Å². The Labute approximate surface area is 73.1 Å². The van der Waals surface area contributed by atoms with E-state index < -0.39 is 17.5 Å². The lowest BCUT2D eigenvalue weighted by molar-refractivity contribution is -0.137. The van der Waals surface area contributed by atoms with Crippen molar-refractivity contribution < 1.29 is 18.3 Å². The van der Waals surface area contributed by atoms with Crippen LogP contribution in [-0.2, 0) is 6.18 Å². The van der Waals surface area contributed by atoms with E-state index in [-0.39, 0.29) is 5.56 Å². The minimum absolute atomic E-state index is 0.282. The van der Waals surface area contributed by atoms with E-state index in [1.54, 1.807) is 0 Å². The van der Waals surface area contributed by atoms with Gasteiger partial charge >= 0.3 is 6.18 Å². The molecule has 0 saturated carbocycles. The van der Waals surface area contributed by atoms with Gasteiger partial charge in [0, 0.05) is 5.56 Å². The Kier molecular flexibility index (Phi) is 2.32. The molecule has 0 atom stereocenters. The average Bonchev–Trinajstić information content (AvgIpc) is 2.03. The van der Waals surface area contributed by atoms with Gasteiger partial charge in [-0.25, -0.2) is 0 Å². The summed E-state index contributed by atoms with van der Waals surface area (Å²) in [5.41, 5.74) is -1.16. The van der Waals surface area contributed by atoms with Crippen molar-refractivity contribution >= 4 is 5.76 Å². The fourth-order valence-electron chi connectivity index (χ4n) is 0.982. The molecule has 0 amide bonds. The number of aliphatic hydroxyl groups is 1. The second kappa shape index (κ2) is 3.12. The minimum atomic E-state index is -4.46. The maximum atomic E-state index is 12.3. The monoisotopic (exact) mass is 188 g/mol. The maximum Gasteiger partial charge on any atom is 0.417 e. The molecule has 0 unspecified atom stereocenters. The number of alkyl halides is 3. The molecule has 0 radical (unpaired) electrons. The summed E-state index contributed by atoms with van der Waals surface area (Å²) in [7, 11) is 0. The summed E-state index contributed by atoms with van der Waals surface area (Å²) < 4.78 is 36.8. The van der Waals surface area contributed by atoms with Gasteiger partial charge in [-0.05, 0) is 6.07 Å². The van der Waals surface area contributed by atoms with Crippen molar-refractivity contribution in [2.45, 2.75) is 6.18 Å². The summed E-state index contributed by atoms with van der Waals surface area (Å²) in [6.07, 6.45) is -4.46. The Morgan fingerprint density at radius 2 is 1.77 bits per heavy atom. The van der Waals surface area contributed by atoms with Crippen molar-refractivity contribution in [3.05, 3.63) is 42.0 Å². The van der Waals surface area contributed by atoms with E-state index >= 15 is 0 Å². The van der Waals surface area contributed by atoms with Crippen LogP contribution in [0.1, 0.15) is 11.1 Å². The largest absolute Gasteiger partial charge is 0.508 e. The van der Waals surface area contributed by atoms with Crippen LogP contribution in [0.15, 0.2) is 30.8 Å². The van der Waals surface area contributed by atoms with Crippen molar-refractivity contribution in [2.75, 3.05) is 0 Å². The molecule has 70 valence electrons. The van der Waals surface area contributed by atoms with Crippen molar-refractivity contribution in [3.63, 3.8) is 0 Å². The van der Waals surface area contributed by atoms with Crippen LogP contribution in [0.5, 0.6) is 0 Å². The molecule has 4 heteroatoms. The Bertz CT molecular complexity index is 328. The highest BCUT2D eigenvalue weighted by molar-refractivity contribution is 5.60. The quantitative estimate of drug-likeness (QED) is 0.671. The second-order valence-electron chi connectivity index (χ2n) is 2.49. The summed E-state index contributed by atoms with van der Waals surface area (Å²) in [4.78, 5) is 0. The summed E-state index contributed by atoms with van der Waals surface area (Å²) >= 11 is 0. The first-order valence-electron chi connectivity index (χ1n) is 3.47. The van der Waals surface area contributed by atoms with Crippen molar-refractivity contribution in [1.82, 2.24) is 0 Å². The lowest BCUT2D eigenvalue weighted by atomic mass is 10.1. The first-order valence-corrected chi connectivity index (χ1v) is 3.47. The van der Waals surface area contributed by atoms with E-state index in [2.05, 4.69) is 6.58 Å². The molecular formula is C9H7F3O. The van der Waals surface area contributed by atoms with Crippen LogP contribution in [0.25, 0.3) is 5.76 Å². The van der Waals surface area contributed by atoms with E-state index in [0.717, 1.165) is 6.07 Å². The summed E-state index contributed by atoms with van der Waals surface area (Å²) in [6, 6.07) is 4.74. The van der Waals surface area contributed by atoms with Crippen LogP contribution in [0.2, 0.25) is 0 Å². The van der Waals surface area contributed by atoms with Crippen LogP contribution < -0.4 is 0 Å². The zero-order valence-corrected chi connectivity index (χ0v) is 6.60. The fraction of sp³-hybridized carbons (Fsp3) is 0.111. The van der Waals surface area contributed by atoms with Crippen LogP contribution >= 0.6 is 0 Å². The van der Waals surface area contributed by atoms with Crippen LogP contribution in [-0.4, -0.2) is 5.11 Å². The molecule has 0 heterocycles. The molecule has 0 aliphatic rings. The molecule has 1 N–H and O–H groups in total. The van der Waals surface area contributed by atoms with Gasteiger partial charge < -0.3 is 5.11 Å². The van der Waals surface area contributed by atoms with E-state index in [1.165, 1.54) is 18.2 Å². The van der Waals surface area contributed by atoms with E-state index in [4.69, 9.17) is 5.11 Å². The molecule has 0 spiro atoms. The predicted molar refractivity (Wildman–Crippen MR) is 43.1 cm³/mol. The van der Waals surface area contributed by atoms with Crippen molar-refractivity contribution in [2.24, 2.45) is 0 Å². The number of hydrogen-bond donors (Lipinski definition) is 1. The molecule has 1 rings (SSSR count). The third-order valence-corrected chi connectivity index (χ3v) is 1.54. The van der Waals surface area contributed by atoms with Gasteiger partial charge in [0.15, 0.2) is 0 Å². The summed E-state index contributed by atoms with van der Waals surface area (Å²) in [5.74, 6) is -0.576. The maximum absolute atomic E-state index is 12.3. The van der Waals surface area contributed by atoms with E-state index in [9.17, 15) is 13.2 Å². The SMILES string of the molecule is C=C(O)c1ccccc1C(F)(F)F. The first-order chi connectivity index (χ1) is 5.93. The second-order valence-corrected chi connectivity index (χ2v) is 2.49. The van der Waals surface area contributed by atoms with Gasteiger partial charge in [-0.1, -0.05) is 24.8 Å². The topological polar surface area (TPSA) is 20.2 Å². The molecule has 13 heavy (non-hydrogen) atoms. The Hall–Kier alpha value is -1.45. The van der Waals surface area contributed by atoms with Crippen molar-refractivity contribution in [1.29, 1.82) is 0 Å². The van der Waals surface area contributed by atoms with E-state index in [1.807, 2.05) is 0 Å². The van der Waals surface area contributed by atoms with Gasteiger partial charge in [0.25, 0.3) is 0 Å². The van der Waals surface area contributed by atoms with Crippen molar-refractivity contribution in [3.8, 4) is 0 Å². The van der Waals surface area contributed by atoms with Gasteiger partial charge in [-0.2, -0.15) is 13.2 Å². The molecule has 1 aromatic rings. The first kappa shape index (κ1) is 9.64. The lowest BCUT2D eigenvalue weighted by Gasteiger charge is -2.10. The van der Waals surface area contributed by atoms with Gasteiger partial charge in [0.1, 0.15) is 5.76 Å². The Balaban J connectivity index is 3.28. The Morgan fingerprint density at radius 3 is 2.15 bits per heavy atom. The highest BCUT2D eigenvalue weighted by atomic mass is 19.4. The molecule has 0 fully saturated rings. The minimum Gasteiger partial charge on any atom is -0.508 e. The Morgan fingerprint density at radius 1 is 1.23 bits per heavy atom. The van der Waals surface area contributed by atoms with Crippen LogP contribution in [0.4, 0.5) is 13.2 Å². The molecule has 1 nitrogen and oxygen atoms in total. The van der Waals surface area contributed by atoms with Crippen LogP contribution in [0, 0.1) is 0 Å². The number of rotatable bonds is 1. The third kappa shape index (κ3) is 2.02. The number of aliphatic hydroxyl groups excluding tert-OH is 1. The molecule has 0 aromatic heterocycles. The standard InChI is InChI=1S/C9H7F3O/c1-6(13)7-4-2-3-5-8(7)9(10,11)12/h2-5,13H,1H2. The van der Waals surface area contributed by atoms with E-state index in [0.29, 0.717) is 0 Å². The number of halogens is 3. The molecule has 0 aliphatic heterocycles. The zero-order chi connectivity index (χ0) is 10.1. The van der Waals surface area contributed by atoms with Gasteiger partial charge in [-0.3, -0.25) is 0 Å². The lowest BCUT2D eigenvalue weighted by Crippen LogP contribution is -2.08. The summed E-state index contributed by atoms with van der Waals surface area (Å²) in [5, 5.41) is 8.87. The predicted octanol–water partition coefficient (Wildman–Crippen LogP) is 3.23. The fourth-order valence-corrected chi connectivity index (χ4v) is 0.982. The molecule has 0 saturated heterocycles. The highest BCUT2D eigenvalue weighted by Crippen LogP contribution is 2.33. The average molecular weight is 188 g/mol.